The molecule has 4 N–H and O–H groups in total. The zero-order valence-corrected chi connectivity index (χ0v) is 9.22. The second-order valence-corrected chi connectivity index (χ2v) is 3.55. The zero-order chi connectivity index (χ0) is 12.5. The second kappa shape index (κ2) is 4.20. The number of carbonyl (C=O) groups excluding carboxylic acids is 1. The highest BCUT2D eigenvalue weighted by atomic mass is 79.9. The zero-order valence-electron chi connectivity index (χ0n) is 7.64. The van der Waals surface area contributed by atoms with Gasteiger partial charge in [-0.2, -0.15) is 0 Å². The number of nitrogens with two attached hydrogens (primary N) is 2. The van der Waals surface area contributed by atoms with Crippen LogP contribution in [0.3, 0.4) is 0 Å². The van der Waals surface area contributed by atoms with Gasteiger partial charge >= 0.3 is 6.36 Å². The van der Waals surface area contributed by atoms with Gasteiger partial charge in [0.2, 0.25) is 0 Å². The number of rotatable bonds is 2. The first-order valence-corrected chi connectivity index (χ1v) is 4.65. The molecule has 0 aliphatic heterocycles. The van der Waals surface area contributed by atoms with Crippen LogP contribution in [0.2, 0.25) is 0 Å². The van der Waals surface area contributed by atoms with Crippen LogP contribution in [-0.4, -0.2) is 12.3 Å². The quantitative estimate of drug-likeness (QED) is 0.820. The van der Waals surface area contributed by atoms with Crippen molar-refractivity contribution < 1.29 is 22.7 Å². The van der Waals surface area contributed by atoms with E-state index in [0.717, 1.165) is 6.07 Å². The molecule has 0 spiro atoms. The van der Waals surface area contributed by atoms with Crippen molar-refractivity contribution in [2.24, 2.45) is 5.73 Å². The van der Waals surface area contributed by atoms with Gasteiger partial charge in [-0.3, -0.25) is 4.79 Å². The summed E-state index contributed by atoms with van der Waals surface area (Å²) in [5.41, 5.74) is 9.87. The van der Waals surface area contributed by atoms with Gasteiger partial charge in [0, 0.05) is 5.69 Å². The van der Waals surface area contributed by atoms with E-state index in [9.17, 15) is 18.0 Å². The van der Waals surface area contributed by atoms with Gasteiger partial charge < -0.3 is 16.2 Å². The number of primary amides is 1. The predicted octanol–water partition coefficient (Wildman–Crippen LogP) is 2.03. The van der Waals surface area contributed by atoms with E-state index < -0.39 is 23.6 Å². The van der Waals surface area contributed by atoms with Crippen LogP contribution >= 0.6 is 15.9 Å². The van der Waals surface area contributed by atoms with Crippen molar-refractivity contribution in [1.82, 2.24) is 0 Å². The van der Waals surface area contributed by atoms with E-state index in [2.05, 4.69) is 20.7 Å². The average Bonchev–Trinajstić information content (AvgIpc) is 2.10. The van der Waals surface area contributed by atoms with Crippen molar-refractivity contribution in [3.63, 3.8) is 0 Å². The van der Waals surface area contributed by atoms with Crippen molar-refractivity contribution in [1.29, 1.82) is 0 Å². The minimum absolute atomic E-state index is 0.00394. The monoisotopic (exact) mass is 298 g/mol. The third-order valence-corrected chi connectivity index (χ3v) is 2.43. The number of carbonyl (C=O) groups is 1. The minimum Gasteiger partial charge on any atom is -0.404 e. The topological polar surface area (TPSA) is 78.3 Å². The molecule has 0 atom stereocenters. The molecule has 0 heterocycles. The van der Waals surface area contributed by atoms with Crippen molar-refractivity contribution in [3.05, 3.63) is 22.2 Å². The number of alkyl halides is 3. The summed E-state index contributed by atoms with van der Waals surface area (Å²) in [6.07, 6.45) is -4.93. The Kier molecular flexibility index (Phi) is 3.32. The van der Waals surface area contributed by atoms with Gasteiger partial charge in [0.15, 0.2) is 5.75 Å². The van der Waals surface area contributed by atoms with Crippen LogP contribution < -0.4 is 16.2 Å². The SMILES string of the molecule is NC(=O)c1ccc(N)c(Br)c1OC(F)(F)F. The highest BCUT2D eigenvalue weighted by Gasteiger charge is 2.34. The Hall–Kier alpha value is -1.44. The van der Waals surface area contributed by atoms with Crippen LogP contribution in [0.25, 0.3) is 0 Å². The Labute approximate surface area is 96.5 Å². The molecule has 0 aliphatic rings. The van der Waals surface area contributed by atoms with E-state index >= 15 is 0 Å². The molecular formula is C8H6BrF3N2O2. The van der Waals surface area contributed by atoms with E-state index in [1.54, 1.807) is 0 Å². The third kappa shape index (κ3) is 2.78. The predicted molar refractivity (Wildman–Crippen MR) is 53.8 cm³/mol. The molecule has 1 aromatic carbocycles. The van der Waals surface area contributed by atoms with Gasteiger partial charge in [-0.1, -0.05) is 0 Å². The number of anilines is 1. The number of halogens is 4. The number of benzene rings is 1. The van der Waals surface area contributed by atoms with Gasteiger partial charge in [0.05, 0.1) is 10.0 Å². The normalized spacial score (nSPS) is 11.2. The third-order valence-electron chi connectivity index (χ3n) is 1.61. The maximum Gasteiger partial charge on any atom is 0.573 e. The molecule has 0 radical (unpaired) electrons. The summed E-state index contributed by atoms with van der Waals surface area (Å²) in [5, 5.41) is 0. The lowest BCUT2D eigenvalue weighted by atomic mass is 10.1. The Morgan fingerprint density at radius 2 is 1.94 bits per heavy atom. The van der Waals surface area contributed by atoms with Gasteiger partial charge in [-0.25, -0.2) is 0 Å². The molecule has 88 valence electrons. The highest BCUT2D eigenvalue weighted by molar-refractivity contribution is 9.10. The molecule has 0 unspecified atom stereocenters. The molecule has 1 aromatic rings. The van der Waals surface area contributed by atoms with Crippen molar-refractivity contribution >= 4 is 27.5 Å². The molecule has 1 amide bonds. The fourth-order valence-corrected chi connectivity index (χ4v) is 1.41. The molecule has 8 heteroatoms. The van der Waals surface area contributed by atoms with E-state index in [1.807, 2.05) is 0 Å². The first kappa shape index (κ1) is 12.6. The highest BCUT2D eigenvalue weighted by Crippen LogP contribution is 2.37. The van der Waals surface area contributed by atoms with Gasteiger partial charge in [0.1, 0.15) is 0 Å². The molecule has 4 nitrogen and oxygen atoms in total. The Morgan fingerprint density at radius 3 is 2.38 bits per heavy atom. The first-order chi connectivity index (χ1) is 7.22. The number of hydrogen-bond donors (Lipinski definition) is 2. The molecule has 0 aromatic heterocycles. The molecule has 0 fully saturated rings. The van der Waals surface area contributed by atoms with E-state index in [4.69, 9.17) is 11.5 Å². The molecular weight excluding hydrogens is 293 g/mol. The van der Waals surface area contributed by atoms with Crippen LogP contribution in [0.15, 0.2) is 16.6 Å². The summed E-state index contributed by atoms with van der Waals surface area (Å²) in [4.78, 5) is 10.9. The molecule has 16 heavy (non-hydrogen) atoms. The second-order valence-electron chi connectivity index (χ2n) is 2.76. The number of nitrogen functional groups attached to an aromatic ring is 1. The van der Waals surface area contributed by atoms with Gasteiger partial charge in [-0.15, -0.1) is 13.2 Å². The fourth-order valence-electron chi connectivity index (χ4n) is 0.981. The summed E-state index contributed by atoms with van der Waals surface area (Å²) < 4.78 is 39.7. The fraction of sp³-hybridized carbons (Fsp3) is 0.125. The minimum atomic E-state index is -4.93. The molecule has 0 saturated carbocycles. The van der Waals surface area contributed by atoms with Crippen LogP contribution in [0, 0.1) is 0 Å². The Bertz CT molecular complexity index is 434. The number of amides is 1. The first-order valence-electron chi connectivity index (χ1n) is 3.86. The average molecular weight is 299 g/mol. The lowest BCUT2D eigenvalue weighted by Crippen LogP contribution is -2.21. The van der Waals surface area contributed by atoms with Crippen molar-refractivity contribution in [3.8, 4) is 5.75 Å². The summed E-state index contributed by atoms with van der Waals surface area (Å²) in [7, 11) is 0. The summed E-state index contributed by atoms with van der Waals surface area (Å²) in [6.45, 7) is 0. The lowest BCUT2D eigenvalue weighted by Gasteiger charge is -2.14. The number of ether oxygens (including phenoxy) is 1. The molecule has 0 saturated heterocycles. The maximum absolute atomic E-state index is 12.1. The smallest absolute Gasteiger partial charge is 0.404 e. The molecule has 0 bridgehead atoms. The molecule has 1 rings (SSSR count). The maximum atomic E-state index is 12.1. The largest absolute Gasteiger partial charge is 0.573 e. The Balaban J connectivity index is 3.32. The Morgan fingerprint density at radius 1 is 1.38 bits per heavy atom. The van der Waals surface area contributed by atoms with Gasteiger partial charge in [0.25, 0.3) is 5.91 Å². The lowest BCUT2D eigenvalue weighted by molar-refractivity contribution is -0.274. The van der Waals surface area contributed by atoms with Gasteiger partial charge in [-0.05, 0) is 28.1 Å². The van der Waals surface area contributed by atoms with Crippen molar-refractivity contribution in [2.45, 2.75) is 6.36 Å². The summed E-state index contributed by atoms with van der Waals surface area (Å²) in [6, 6.07) is 2.30. The number of hydrogen-bond acceptors (Lipinski definition) is 3. The molecule has 0 aliphatic carbocycles. The van der Waals surface area contributed by atoms with Crippen LogP contribution in [0.5, 0.6) is 5.75 Å². The van der Waals surface area contributed by atoms with Crippen LogP contribution in [0.1, 0.15) is 10.4 Å². The van der Waals surface area contributed by atoms with Crippen LogP contribution in [0.4, 0.5) is 18.9 Å². The summed E-state index contributed by atoms with van der Waals surface area (Å²) >= 11 is 2.79. The summed E-state index contributed by atoms with van der Waals surface area (Å²) in [5.74, 6) is -1.78. The van der Waals surface area contributed by atoms with E-state index in [1.165, 1.54) is 6.07 Å². The van der Waals surface area contributed by atoms with Crippen molar-refractivity contribution in [2.75, 3.05) is 5.73 Å². The standard InChI is InChI=1S/C8H6BrF3N2O2/c9-5-4(13)2-1-3(7(14)15)6(5)16-8(10,11)12/h1-2H,13H2,(H2,14,15). The van der Waals surface area contributed by atoms with E-state index in [-0.39, 0.29) is 10.2 Å². The van der Waals surface area contributed by atoms with E-state index in [0.29, 0.717) is 0 Å². The van der Waals surface area contributed by atoms with Crippen LogP contribution in [-0.2, 0) is 0 Å².